The molecule has 3 rings (SSSR count). The molecule has 1 aliphatic carbocycles. The SMILES string of the molecule is c1cc2oc(CCC3CC3)cc2c[nH+]1. The molecule has 1 fully saturated rings. The molecule has 0 aliphatic heterocycles. The van der Waals surface area contributed by atoms with Crippen LogP contribution in [0.4, 0.5) is 0 Å². The summed E-state index contributed by atoms with van der Waals surface area (Å²) in [5.74, 6) is 2.11. The Balaban J connectivity index is 1.82. The number of aromatic nitrogens is 1. The average molecular weight is 188 g/mol. The molecule has 0 spiro atoms. The van der Waals surface area contributed by atoms with E-state index in [1.54, 1.807) is 0 Å². The summed E-state index contributed by atoms with van der Waals surface area (Å²) in [6.45, 7) is 0. The van der Waals surface area contributed by atoms with E-state index in [1.807, 2.05) is 18.5 Å². The molecule has 1 N–H and O–H groups in total. The van der Waals surface area contributed by atoms with Gasteiger partial charge in [0.1, 0.15) is 11.3 Å². The highest BCUT2D eigenvalue weighted by Gasteiger charge is 2.21. The third-order valence-corrected chi connectivity index (χ3v) is 2.91. The Morgan fingerprint density at radius 2 is 2.36 bits per heavy atom. The minimum Gasteiger partial charge on any atom is -0.461 e. The molecule has 0 aromatic carbocycles. The number of nitrogens with one attached hydrogen (secondary N) is 1. The van der Waals surface area contributed by atoms with Crippen LogP contribution in [0, 0.1) is 5.92 Å². The Bertz CT molecular complexity index is 409. The van der Waals surface area contributed by atoms with Crippen LogP contribution < -0.4 is 4.98 Å². The van der Waals surface area contributed by atoms with Crippen molar-refractivity contribution in [2.45, 2.75) is 25.7 Å². The normalized spacial score (nSPS) is 16.3. The fourth-order valence-corrected chi connectivity index (χ4v) is 1.86. The van der Waals surface area contributed by atoms with Crippen molar-refractivity contribution in [2.24, 2.45) is 5.92 Å². The van der Waals surface area contributed by atoms with Crippen molar-refractivity contribution < 1.29 is 9.40 Å². The van der Waals surface area contributed by atoms with Gasteiger partial charge >= 0.3 is 0 Å². The first-order valence-corrected chi connectivity index (χ1v) is 5.30. The summed E-state index contributed by atoms with van der Waals surface area (Å²) in [6, 6.07) is 4.13. The highest BCUT2D eigenvalue weighted by Crippen LogP contribution is 2.34. The maximum Gasteiger partial charge on any atom is 0.178 e. The summed E-state index contributed by atoms with van der Waals surface area (Å²) in [7, 11) is 0. The van der Waals surface area contributed by atoms with Crippen LogP contribution in [0.1, 0.15) is 25.0 Å². The third-order valence-electron chi connectivity index (χ3n) is 2.91. The van der Waals surface area contributed by atoms with E-state index in [9.17, 15) is 0 Å². The topological polar surface area (TPSA) is 27.3 Å². The van der Waals surface area contributed by atoms with Gasteiger partial charge in [-0.1, -0.05) is 12.8 Å². The second-order valence-electron chi connectivity index (χ2n) is 4.16. The number of hydrogen-bond acceptors (Lipinski definition) is 1. The molecule has 0 atom stereocenters. The number of pyridine rings is 1. The number of aromatic amines is 1. The number of fused-ring (bicyclic) bond motifs is 1. The average Bonchev–Trinajstić information content (AvgIpc) is 2.94. The summed E-state index contributed by atoms with van der Waals surface area (Å²) in [5, 5.41) is 1.18. The van der Waals surface area contributed by atoms with Crippen LogP contribution >= 0.6 is 0 Å². The van der Waals surface area contributed by atoms with Gasteiger partial charge in [-0.2, -0.15) is 0 Å². The fraction of sp³-hybridized carbons (Fsp3) is 0.417. The minimum absolute atomic E-state index is 0.981. The molecule has 2 aromatic rings. The van der Waals surface area contributed by atoms with Crippen LogP contribution in [-0.2, 0) is 6.42 Å². The molecule has 2 aromatic heterocycles. The maximum absolute atomic E-state index is 5.73. The molecule has 2 heterocycles. The molecular weight excluding hydrogens is 174 g/mol. The fourth-order valence-electron chi connectivity index (χ4n) is 1.86. The Kier molecular flexibility index (Phi) is 1.79. The standard InChI is InChI=1S/C12H13NO/c1-2-9(1)3-4-11-7-10-8-13-6-5-12(10)14-11/h5-9H,1-4H2/p+1. The van der Waals surface area contributed by atoms with Gasteiger partial charge in [-0.25, -0.2) is 4.98 Å². The smallest absolute Gasteiger partial charge is 0.178 e. The number of furan rings is 1. The lowest BCUT2D eigenvalue weighted by Crippen LogP contribution is -1.95. The quantitative estimate of drug-likeness (QED) is 0.727. The monoisotopic (exact) mass is 188 g/mol. The Labute approximate surface area is 82.9 Å². The van der Waals surface area contributed by atoms with Crippen molar-refractivity contribution in [3.63, 3.8) is 0 Å². The van der Waals surface area contributed by atoms with Gasteiger partial charge in [0.05, 0.1) is 5.39 Å². The van der Waals surface area contributed by atoms with Crippen molar-refractivity contribution in [3.05, 3.63) is 30.3 Å². The summed E-state index contributed by atoms with van der Waals surface area (Å²) in [4.78, 5) is 3.07. The predicted molar refractivity (Wildman–Crippen MR) is 53.8 cm³/mol. The summed E-state index contributed by atoms with van der Waals surface area (Å²) in [5.41, 5.74) is 0.995. The molecule has 0 saturated heterocycles. The van der Waals surface area contributed by atoms with Crippen LogP contribution in [0.2, 0.25) is 0 Å². The van der Waals surface area contributed by atoms with Gasteiger partial charge in [0, 0.05) is 12.5 Å². The molecule has 1 aliphatic rings. The van der Waals surface area contributed by atoms with E-state index in [1.165, 1.54) is 24.6 Å². The summed E-state index contributed by atoms with van der Waals surface area (Å²) in [6.07, 6.45) is 9.13. The lowest BCUT2D eigenvalue weighted by molar-refractivity contribution is -0.375. The lowest BCUT2D eigenvalue weighted by Gasteiger charge is -1.92. The van der Waals surface area contributed by atoms with Gasteiger partial charge in [0.25, 0.3) is 0 Å². The molecule has 0 amide bonds. The van der Waals surface area contributed by atoms with Crippen molar-refractivity contribution in [3.8, 4) is 0 Å². The minimum atomic E-state index is 0.981. The van der Waals surface area contributed by atoms with Crippen LogP contribution in [0.3, 0.4) is 0 Å². The molecule has 0 bridgehead atoms. The molecule has 14 heavy (non-hydrogen) atoms. The van der Waals surface area contributed by atoms with Crippen molar-refractivity contribution >= 4 is 11.0 Å². The van der Waals surface area contributed by atoms with Crippen molar-refractivity contribution in [2.75, 3.05) is 0 Å². The first kappa shape index (κ1) is 8.04. The molecule has 1 saturated carbocycles. The van der Waals surface area contributed by atoms with E-state index in [0.717, 1.165) is 23.7 Å². The second-order valence-corrected chi connectivity index (χ2v) is 4.16. The van der Waals surface area contributed by atoms with E-state index in [2.05, 4.69) is 11.1 Å². The van der Waals surface area contributed by atoms with Gasteiger partial charge in [0.2, 0.25) is 0 Å². The van der Waals surface area contributed by atoms with E-state index >= 15 is 0 Å². The third kappa shape index (κ3) is 1.52. The van der Waals surface area contributed by atoms with Crippen LogP contribution in [0.15, 0.2) is 28.9 Å². The highest BCUT2D eigenvalue weighted by molar-refractivity contribution is 5.75. The molecular formula is C12H14NO+. The van der Waals surface area contributed by atoms with E-state index in [0.29, 0.717) is 0 Å². The van der Waals surface area contributed by atoms with Crippen LogP contribution in [0.25, 0.3) is 11.0 Å². The van der Waals surface area contributed by atoms with Gasteiger partial charge in [-0.15, -0.1) is 0 Å². The number of aryl methyl sites for hydroxylation is 1. The second kappa shape index (κ2) is 3.12. The number of rotatable bonds is 3. The maximum atomic E-state index is 5.73. The Morgan fingerprint density at radius 1 is 1.43 bits per heavy atom. The Hall–Kier alpha value is -1.31. The molecule has 2 nitrogen and oxygen atoms in total. The van der Waals surface area contributed by atoms with E-state index in [4.69, 9.17) is 4.42 Å². The number of hydrogen-bond donors (Lipinski definition) is 0. The first-order valence-electron chi connectivity index (χ1n) is 5.30. The summed E-state index contributed by atoms with van der Waals surface area (Å²) < 4.78 is 5.73. The molecule has 0 unspecified atom stereocenters. The van der Waals surface area contributed by atoms with Gasteiger partial charge in [0.15, 0.2) is 12.4 Å². The molecule has 0 radical (unpaired) electrons. The van der Waals surface area contributed by atoms with E-state index in [-0.39, 0.29) is 0 Å². The highest BCUT2D eigenvalue weighted by atomic mass is 16.3. The zero-order valence-electron chi connectivity index (χ0n) is 8.12. The van der Waals surface area contributed by atoms with E-state index < -0.39 is 0 Å². The van der Waals surface area contributed by atoms with Gasteiger partial charge in [-0.05, 0) is 18.4 Å². The van der Waals surface area contributed by atoms with Gasteiger partial charge in [-0.3, -0.25) is 0 Å². The number of H-pyrrole nitrogens is 1. The van der Waals surface area contributed by atoms with Crippen LogP contribution in [-0.4, -0.2) is 0 Å². The Morgan fingerprint density at radius 3 is 3.14 bits per heavy atom. The van der Waals surface area contributed by atoms with Gasteiger partial charge < -0.3 is 4.42 Å². The molecule has 2 heteroatoms. The zero-order valence-corrected chi connectivity index (χ0v) is 8.12. The first-order chi connectivity index (χ1) is 6.92. The summed E-state index contributed by atoms with van der Waals surface area (Å²) >= 11 is 0. The predicted octanol–water partition coefficient (Wildman–Crippen LogP) is 2.59. The lowest BCUT2D eigenvalue weighted by atomic mass is 10.2. The zero-order chi connectivity index (χ0) is 9.38. The largest absolute Gasteiger partial charge is 0.461 e. The van der Waals surface area contributed by atoms with Crippen LogP contribution in [0.5, 0.6) is 0 Å². The van der Waals surface area contributed by atoms with Crippen molar-refractivity contribution in [1.29, 1.82) is 0 Å². The molecule has 72 valence electrons. The van der Waals surface area contributed by atoms with Crippen molar-refractivity contribution in [1.82, 2.24) is 0 Å².